The maximum atomic E-state index is 14.0. The minimum atomic E-state index is -0.858. The van der Waals surface area contributed by atoms with Gasteiger partial charge in [0.25, 0.3) is 0 Å². The first-order valence-corrected chi connectivity index (χ1v) is 12.0. The lowest BCUT2D eigenvalue weighted by Crippen LogP contribution is -2.58. The van der Waals surface area contributed by atoms with Crippen LogP contribution in [0.4, 0.5) is 0 Å². The van der Waals surface area contributed by atoms with E-state index in [0.29, 0.717) is 19.6 Å². The van der Waals surface area contributed by atoms with Gasteiger partial charge in [0.15, 0.2) is 0 Å². The Hall–Kier alpha value is -1.80. The van der Waals surface area contributed by atoms with Crippen LogP contribution in [0.1, 0.15) is 34.1 Å². The molecule has 2 saturated heterocycles. The zero-order valence-corrected chi connectivity index (χ0v) is 19.4. The third-order valence-electron chi connectivity index (χ3n) is 7.03. The van der Waals surface area contributed by atoms with Gasteiger partial charge >= 0.3 is 5.97 Å². The monoisotopic (exact) mass is 448 g/mol. The Morgan fingerprint density at radius 3 is 2.58 bits per heavy atom. The quantitative estimate of drug-likeness (QED) is 0.519. The van der Waals surface area contributed by atoms with Crippen molar-refractivity contribution in [1.29, 1.82) is 0 Å². The molecule has 4 aliphatic heterocycles. The molecule has 0 aromatic heterocycles. The van der Waals surface area contributed by atoms with Crippen LogP contribution in [0, 0.1) is 17.8 Å². The van der Waals surface area contributed by atoms with Gasteiger partial charge in [0.1, 0.15) is 6.04 Å². The number of ether oxygens (including phenoxy) is 1. The molecule has 0 aliphatic carbocycles. The molecule has 2 amide bonds. The van der Waals surface area contributed by atoms with Gasteiger partial charge in [0.05, 0.1) is 35.8 Å². The molecule has 4 heterocycles. The summed E-state index contributed by atoms with van der Waals surface area (Å²) in [7, 11) is 0. The van der Waals surface area contributed by atoms with E-state index in [1.807, 2.05) is 52.0 Å². The molecule has 2 fully saturated rings. The van der Waals surface area contributed by atoms with E-state index in [1.54, 1.807) is 9.80 Å². The van der Waals surface area contributed by atoms with Gasteiger partial charge in [-0.05, 0) is 26.2 Å². The molecule has 0 saturated carbocycles. The molecule has 1 spiro atoms. The van der Waals surface area contributed by atoms with Crippen molar-refractivity contribution in [1.82, 2.24) is 9.80 Å². The summed E-state index contributed by atoms with van der Waals surface area (Å²) in [5.41, 5.74) is 0. The van der Waals surface area contributed by atoms with E-state index in [-0.39, 0.29) is 41.6 Å². The fourth-order valence-electron chi connectivity index (χ4n) is 5.51. The first kappa shape index (κ1) is 22.4. The van der Waals surface area contributed by atoms with Crippen LogP contribution >= 0.6 is 11.8 Å². The Kier molecular flexibility index (Phi) is 5.98. The SMILES string of the molecule is CC(C)[C@H](CO)N1C(=O)[C@@H]2[C@H]3C(=O)OCCC=C[C@H]3S[C@@]23C=CCN(C(C)C)C(=O)C13. The van der Waals surface area contributed by atoms with Crippen molar-refractivity contribution < 1.29 is 24.2 Å². The predicted octanol–water partition coefficient (Wildman–Crippen LogP) is 1.61. The highest BCUT2D eigenvalue weighted by molar-refractivity contribution is 8.02. The molecular formula is C23H32N2O5S. The van der Waals surface area contributed by atoms with Crippen molar-refractivity contribution in [2.45, 2.75) is 62.2 Å². The van der Waals surface area contributed by atoms with Crippen LogP contribution in [0.15, 0.2) is 24.3 Å². The van der Waals surface area contributed by atoms with Crippen molar-refractivity contribution in [3.05, 3.63) is 24.3 Å². The summed E-state index contributed by atoms with van der Waals surface area (Å²) in [5.74, 6) is -2.09. The Labute approximate surface area is 187 Å². The average Bonchev–Trinajstić information content (AvgIpc) is 3.06. The van der Waals surface area contributed by atoms with Crippen molar-refractivity contribution in [2.24, 2.45) is 17.8 Å². The molecule has 4 aliphatic rings. The van der Waals surface area contributed by atoms with Crippen molar-refractivity contribution in [3.8, 4) is 0 Å². The molecule has 170 valence electrons. The maximum absolute atomic E-state index is 14.0. The van der Waals surface area contributed by atoms with Crippen LogP contribution in [0.25, 0.3) is 0 Å². The Morgan fingerprint density at radius 1 is 1.19 bits per heavy atom. The Balaban J connectivity index is 1.89. The summed E-state index contributed by atoms with van der Waals surface area (Å²) < 4.78 is 4.62. The summed E-state index contributed by atoms with van der Waals surface area (Å²) >= 11 is 1.53. The van der Waals surface area contributed by atoms with Crippen LogP contribution in [0.3, 0.4) is 0 Å². The fourth-order valence-corrected chi connectivity index (χ4v) is 7.49. The number of carbonyl (C=O) groups is 3. The van der Waals surface area contributed by atoms with E-state index in [0.717, 1.165) is 0 Å². The lowest BCUT2D eigenvalue weighted by molar-refractivity contribution is -0.154. The fraction of sp³-hybridized carbons (Fsp3) is 0.696. The normalized spacial score (nSPS) is 36.2. The topological polar surface area (TPSA) is 87.2 Å². The number of hydrogen-bond donors (Lipinski definition) is 1. The van der Waals surface area contributed by atoms with Gasteiger partial charge in [-0.3, -0.25) is 14.4 Å². The molecule has 0 aromatic rings. The number of esters is 1. The number of hydrogen-bond acceptors (Lipinski definition) is 6. The zero-order chi connectivity index (χ0) is 22.5. The second-order valence-electron chi connectivity index (χ2n) is 9.45. The highest BCUT2D eigenvalue weighted by Gasteiger charge is 2.71. The van der Waals surface area contributed by atoms with Crippen molar-refractivity contribution in [3.63, 3.8) is 0 Å². The zero-order valence-electron chi connectivity index (χ0n) is 18.6. The number of nitrogens with zero attached hydrogens (tertiary/aromatic N) is 2. The Bertz CT molecular complexity index is 825. The van der Waals surface area contributed by atoms with E-state index in [4.69, 9.17) is 4.74 Å². The second kappa shape index (κ2) is 8.28. The van der Waals surface area contributed by atoms with Crippen molar-refractivity contribution >= 4 is 29.5 Å². The highest BCUT2D eigenvalue weighted by Crippen LogP contribution is 2.61. The molecule has 0 radical (unpaired) electrons. The highest BCUT2D eigenvalue weighted by atomic mass is 32.2. The molecule has 0 bridgehead atoms. The summed E-state index contributed by atoms with van der Waals surface area (Å²) in [5, 5.41) is 9.96. The number of aliphatic hydroxyl groups is 1. The number of amides is 2. The van der Waals surface area contributed by atoms with Gasteiger partial charge in [-0.1, -0.05) is 38.2 Å². The van der Waals surface area contributed by atoms with E-state index in [2.05, 4.69) is 0 Å². The number of fused-ring (bicyclic) bond motifs is 2. The van der Waals surface area contributed by atoms with Gasteiger partial charge in [0, 0.05) is 17.8 Å². The van der Waals surface area contributed by atoms with Gasteiger partial charge in [-0.25, -0.2) is 0 Å². The maximum Gasteiger partial charge on any atom is 0.311 e. The van der Waals surface area contributed by atoms with Crippen LogP contribution < -0.4 is 0 Å². The second-order valence-corrected chi connectivity index (χ2v) is 10.9. The minimum absolute atomic E-state index is 0.0279. The molecule has 0 aromatic carbocycles. The van der Waals surface area contributed by atoms with Crippen LogP contribution in [0.5, 0.6) is 0 Å². The summed E-state index contributed by atoms with van der Waals surface area (Å²) in [4.78, 5) is 44.2. The van der Waals surface area contributed by atoms with E-state index >= 15 is 0 Å². The Morgan fingerprint density at radius 2 is 1.94 bits per heavy atom. The molecule has 4 rings (SSSR count). The average molecular weight is 449 g/mol. The lowest BCUT2D eigenvalue weighted by Gasteiger charge is -2.40. The van der Waals surface area contributed by atoms with Gasteiger partial charge in [0.2, 0.25) is 11.8 Å². The number of thioether (sulfide) groups is 1. The smallest absolute Gasteiger partial charge is 0.311 e. The number of carbonyl (C=O) groups excluding carboxylic acids is 3. The number of cyclic esters (lactones) is 1. The van der Waals surface area contributed by atoms with Crippen molar-refractivity contribution in [2.75, 3.05) is 19.8 Å². The van der Waals surface area contributed by atoms with Crippen LogP contribution in [-0.2, 0) is 19.1 Å². The predicted molar refractivity (Wildman–Crippen MR) is 118 cm³/mol. The van der Waals surface area contributed by atoms with Gasteiger partial charge in [-0.2, -0.15) is 0 Å². The van der Waals surface area contributed by atoms with Crippen LogP contribution in [-0.4, -0.2) is 80.6 Å². The molecule has 1 unspecified atom stereocenters. The van der Waals surface area contributed by atoms with E-state index in [9.17, 15) is 19.5 Å². The van der Waals surface area contributed by atoms with Gasteiger partial charge in [-0.15, -0.1) is 11.8 Å². The molecule has 8 heteroatoms. The molecular weight excluding hydrogens is 416 g/mol. The van der Waals surface area contributed by atoms with E-state index < -0.39 is 28.7 Å². The standard InChI is InChI=1S/C23H32N2O5S/c1-13(2)15(12-26)25-19-21(28)24(14(3)4)10-7-9-23(19)18(20(25)27)17-16(31-23)8-5-6-11-30-22(17)29/h5,7-9,13-19,26H,6,10-12H2,1-4H3/t15-,16+,17-,18-,19?,23-/m0/s1. The van der Waals surface area contributed by atoms with E-state index in [1.165, 1.54) is 11.8 Å². The molecule has 31 heavy (non-hydrogen) atoms. The largest absolute Gasteiger partial charge is 0.465 e. The lowest BCUT2D eigenvalue weighted by atomic mass is 9.78. The molecule has 7 nitrogen and oxygen atoms in total. The third kappa shape index (κ3) is 3.33. The third-order valence-corrected chi connectivity index (χ3v) is 8.77. The first-order chi connectivity index (χ1) is 14.7. The number of likely N-dealkylation sites (tertiary alicyclic amines) is 1. The first-order valence-electron chi connectivity index (χ1n) is 11.2. The summed E-state index contributed by atoms with van der Waals surface area (Å²) in [6.45, 7) is 8.33. The molecule has 1 N–H and O–H groups in total. The summed E-state index contributed by atoms with van der Waals surface area (Å²) in [6, 6.07) is -1.28. The summed E-state index contributed by atoms with van der Waals surface area (Å²) in [6.07, 6.45) is 8.61. The number of rotatable bonds is 4. The van der Waals surface area contributed by atoms with Gasteiger partial charge < -0.3 is 19.6 Å². The number of aliphatic hydroxyl groups excluding tert-OH is 1. The van der Waals surface area contributed by atoms with Crippen LogP contribution in [0.2, 0.25) is 0 Å². The molecule has 6 atom stereocenters. The minimum Gasteiger partial charge on any atom is -0.465 e.